The molecular weight excluding hydrogens is 343 g/mol. The Balaban J connectivity index is 2.00. The Labute approximate surface area is 146 Å². The zero-order valence-corrected chi connectivity index (χ0v) is 13.6. The van der Waals surface area contributed by atoms with Crippen molar-refractivity contribution >= 4 is 11.0 Å². The summed E-state index contributed by atoms with van der Waals surface area (Å²) in [4.78, 5) is 8.46. The van der Waals surface area contributed by atoms with Gasteiger partial charge in [-0.2, -0.15) is 13.2 Å². The molecule has 0 aliphatic rings. The van der Waals surface area contributed by atoms with Gasteiger partial charge in [-0.05, 0) is 42.8 Å². The van der Waals surface area contributed by atoms with E-state index in [1.54, 1.807) is 37.5 Å². The molecule has 0 aliphatic heterocycles. The molecule has 0 atom stereocenters. The number of nitrogens with zero attached hydrogens (tertiary/aromatic N) is 3. The predicted octanol–water partition coefficient (Wildman–Crippen LogP) is 5.28. The van der Waals surface area contributed by atoms with Gasteiger partial charge in [-0.15, -0.1) is 0 Å². The van der Waals surface area contributed by atoms with E-state index in [4.69, 9.17) is 4.52 Å². The smallest absolute Gasteiger partial charge is 0.359 e. The highest BCUT2D eigenvalue weighted by Crippen LogP contribution is 2.36. The van der Waals surface area contributed by atoms with Gasteiger partial charge in [0, 0.05) is 23.5 Å². The van der Waals surface area contributed by atoms with E-state index in [-0.39, 0.29) is 0 Å². The lowest BCUT2D eigenvalue weighted by molar-refractivity contribution is -0.137. The molecule has 0 bridgehead atoms. The molecule has 0 N–H and O–H groups in total. The number of pyridine rings is 2. The first-order valence-electron chi connectivity index (χ1n) is 7.78. The highest BCUT2D eigenvalue weighted by Gasteiger charge is 2.30. The Bertz CT molecular complexity index is 1090. The van der Waals surface area contributed by atoms with Crippen molar-refractivity contribution in [3.05, 3.63) is 66.2 Å². The molecule has 7 heteroatoms. The molecule has 3 heterocycles. The molecule has 0 aliphatic carbocycles. The summed E-state index contributed by atoms with van der Waals surface area (Å²) in [5, 5.41) is 4.61. The summed E-state index contributed by atoms with van der Waals surface area (Å²) in [6.07, 6.45) is -1.19. The molecule has 4 nitrogen and oxygen atoms in total. The molecule has 0 spiro atoms. The van der Waals surface area contributed by atoms with Gasteiger partial charge in [-0.3, -0.25) is 4.98 Å². The zero-order valence-electron chi connectivity index (χ0n) is 13.6. The maximum absolute atomic E-state index is 13.1. The maximum atomic E-state index is 13.1. The van der Waals surface area contributed by atoms with Crippen molar-refractivity contribution < 1.29 is 17.7 Å². The zero-order chi connectivity index (χ0) is 18.3. The molecule has 130 valence electrons. The van der Waals surface area contributed by atoms with E-state index in [0.717, 1.165) is 17.7 Å². The molecule has 0 amide bonds. The van der Waals surface area contributed by atoms with Crippen LogP contribution in [0.3, 0.4) is 0 Å². The van der Waals surface area contributed by atoms with Gasteiger partial charge in [0.1, 0.15) is 5.76 Å². The fourth-order valence-electron chi connectivity index (χ4n) is 2.81. The van der Waals surface area contributed by atoms with Crippen molar-refractivity contribution in [2.24, 2.45) is 0 Å². The summed E-state index contributed by atoms with van der Waals surface area (Å²) in [7, 11) is 0. The van der Waals surface area contributed by atoms with Crippen molar-refractivity contribution in [2.45, 2.75) is 13.1 Å². The molecule has 0 radical (unpaired) electrons. The van der Waals surface area contributed by atoms with Gasteiger partial charge in [-0.25, -0.2) is 4.98 Å². The molecule has 4 rings (SSSR count). The number of hydrogen-bond acceptors (Lipinski definition) is 4. The first-order valence-corrected chi connectivity index (χ1v) is 7.78. The van der Waals surface area contributed by atoms with E-state index in [9.17, 15) is 13.2 Å². The van der Waals surface area contributed by atoms with E-state index in [0.29, 0.717) is 33.6 Å². The summed E-state index contributed by atoms with van der Waals surface area (Å²) in [6, 6.07) is 10.5. The van der Waals surface area contributed by atoms with Crippen LogP contribution in [0.1, 0.15) is 11.3 Å². The molecule has 0 fully saturated rings. The van der Waals surface area contributed by atoms with Gasteiger partial charge in [0.2, 0.25) is 5.65 Å². The second kappa shape index (κ2) is 5.94. The standard InChI is InChI=1S/C19H12F3N3O/c1-11-15-10-16(12-5-7-23-8-6-12)17(24-18(15)25-26-11)13-3-2-4-14(9-13)19(20,21)22/h2-10H,1H3. The summed E-state index contributed by atoms with van der Waals surface area (Å²) >= 11 is 0. The van der Waals surface area contributed by atoms with Crippen LogP contribution in [0.25, 0.3) is 33.4 Å². The topological polar surface area (TPSA) is 51.8 Å². The second-order valence-corrected chi connectivity index (χ2v) is 5.81. The first kappa shape index (κ1) is 16.3. The number of aryl methyl sites for hydroxylation is 1. The average Bonchev–Trinajstić information content (AvgIpc) is 3.01. The first-order chi connectivity index (χ1) is 12.4. The van der Waals surface area contributed by atoms with Gasteiger partial charge >= 0.3 is 6.18 Å². The molecule has 4 aromatic rings. The molecule has 3 aromatic heterocycles. The van der Waals surface area contributed by atoms with Crippen LogP contribution in [0.5, 0.6) is 0 Å². The van der Waals surface area contributed by atoms with Crippen molar-refractivity contribution in [1.29, 1.82) is 0 Å². The number of benzene rings is 1. The van der Waals surface area contributed by atoms with Crippen molar-refractivity contribution in [1.82, 2.24) is 15.1 Å². The van der Waals surface area contributed by atoms with Crippen LogP contribution in [0, 0.1) is 6.92 Å². The van der Waals surface area contributed by atoms with Crippen molar-refractivity contribution in [2.75, 3.05) is 0 Å². The van der Waals surface area contributed by atoms with E-state index < -0.39 is 11.7 Å². The van der Waals surface area contributed by atoms with Crippen LogP contribution in [0.15, 0.2) is 59.4 Å². The average molecular weight is 355 g/mol. The molecule has 1 aromatic carbocycles. The molecule has 0 unspecified atom stereocenters. The van der Waals surface area contributed by atoms with Crippen LogP contribution in [-0.2, 0) is 6.18 Å². The van der Waals surface area contributed by atoms with Gasteiger partial charge in [-0.1, -0.05) is 17.3 Å². The quantitative estimate of drug-likeness (QED) is 0.491. The minimum Gasteiger partial charge on any atom is -0.359 e. The van der Waals surface area contributed by atoms with Crippen molar-refractivity contribution in [3.63, 3.8) is 0 Å². The number of rotatable bonds is 2. The van der Waals surface area contributed by atoms with E-state index in [1.165, 1.54) is 6.07 Å². The van der Waals surface area contributed by atoms with Crippen LogP contribution >= 0.6 is 0 Å². The Morgan fingerprint density at radius 2 is 1.73 bits per heavy atom. The van der Waals surface area contributed by atoms with E-state index in [2.05, 4.69) is 15.1 Å². The Hall–Kier alpha value is -3.22. The fraction of sp³-hybridized carbons (Fsp3) is 0.105. The number of aromatic nitrogens is 3. The minimum absolute atomic E-state index is 0.354. The lowest BCUT2D eigenvalue weighted by Crippen LogP contribution is -2.04. The third-order valence-corrected chi connectivity index (χ3v) is 4.11. The van der Waals surface area contributed by atoms with Crippen LogP contribution in [0.2, 0.25) is 0 Å². The largest absolute Gasteiger partial charge is 0.416 e. The highest BCUT2D eigenvalue weighted by atomic mass is 19.4. The number of hydrogen-bond donors (Lipinski definition) is 0. The highest BCUT2D eigenvalue weighted by molar-refractivity contribution is 5.90. The Morgan fingerprint density at radius 3 is 2.46 bits per heavy atom. The Morgan fingerprint density at radius 1 is 0.962 bits per heavy atom. The second-order valence-electron chi connectivity index (χ2n) is 5.81. The SMILES string of the molecule is Cc1onc2nc(-c3cccc(C(F)(F)F)c3)c(-c3ccncc3)cc12. The van der Waals surface area contributed by atoms with Gasteiger partial charge in [0.15, 0.2) is 0 Å². The Kier molecular flexibility index (Phi) is 3.72. The molecule has 26 heavy (non-hydrogen) atoms. The minimum atomic E-state index is -4.43. The summed E-state index contributed by atoms with van der Waals surface area (Å²) < 4.78 is 44.5. The fourth-order valence-corrected chi connectivity index (χ4v) is 2.81. The molecular formula is C19H12F3N3O. The lowest BCUT2D eigenvalue weighted by atomic mass is 9.97. The summed E-state index contributed by atoms with van der Waals surface area (Å²) in [6.45, 7) is 1.76. The van der Waals surface area contributed by atoms with Crippen LogP contribution in [-0.4, -0.2) is 15.1 Å². The lowest BCUT2D eigenvalue weighted by Gasteiger charge is -2.12. The maximum Gasteiger partial charge on any atom is 0.416 e. The number of halogens is 3. The van der Waals surface area contributed by atoms with Gasteiger partial charge in [0.05, 0.1) is 16.6 Å². The van der Waals surface area contributed by atoms with Crippen LogP contribution in [0.4, 0.5) is 13.2 Å². The molecule has 0 saturated carbocycles. The number of fused-ring (bicyclic) bond motifs is 1. The van der Waals surface area contributed by atoms with Crippen LogP contribution < -0.4 is 0 Å². The monoisotopic (exact) mass is 355 g/mol. The van der Waals surface area contributed by atoms with Gasteiger partial charge < -0.3 is 4.52 Å². The summed E-state index contributed by atoms with van der Waals surface area (Å²) in [5.74, 6) is 0.596. The third-order valence-electron chi connectivity index (χ3n) is 4.11. The van der Waals surface area contributed by atoms with E-state index in [1.807, 2.05) is 6.07 Å². The normalized spacial score (nSPS) is 11.8. The predicted molar refractivity (Wildman–Crippen MR) is 90.2 cm³/mol. The third kappa shape index (κ3) is 2.81. The number of alkyl halides is 3. The van der Waals surface area contributed by atoms with Crippen molar-refractivity contribution in [3.8, 4) is 22.4 Å². The summed E-state index contributed by atoms with van der Waals surface area (Å²) in [5.41, 5.74) is 1.87. The van der Waals surface area contributed by atoms with E-state index >= 15 is 0 Å². The molecule has 0 saturated heterocycles. The van der Waals surface area contributed by atoms with Gasteiger partial charge in [0.25, 0.3) is 0 Å².